The van der Waals surface area contributed by atoms with Gasteiger partial charge in [0, 0.05) is 6.61 Å². The molecule has 0 saturated heterocycles. The van der Waals surface area contributed by atoms with Crippen LogP contribution in [0.4, 0.5) is 0 Å². The summed E-state index contributed by atoms with van der Waals surface area (Å²) in [5.74, 6) is 1.57. The third-order valence-electron chi connectivity index (χ3n) is 4.83. The van der Waals surface area contributed by atoms with Gasteiger partial charge in [0.05, 0.1) is 6.10 Å². The fourth-order valence-corrected chi connectivity index (χ4v) is 3.32. The van der Waals surface area contributed by atoms with E-state index in [1.807, 2.05) is 60.7 Å². The van der Waals surface area contributed by atoms with Crippen molar-refractivity contribution in [1.29, 1.82) is 0 Å². The molecule has 0 fully saturated rings. The second-order valence-electron chi connectivity index (χ2n) is 6.86. The molecular weight excluding hydrogens is 336 g/mol. The van der Waals surface area contributed by atoms with Crippen LogP contribution in [-0.2, 0) is 6.42 Å². The number of ether oxygens (including phenoxy) is 1. The lowest BCUT2D eigenvalue weighted by atomic mass is 10.0. The Morgan fingerprint density at radius 2 is 1.30 bits per heavy atom. The summed E-state index contributed by atoms with van der Waals surface area (Å²) in [5, 5.41) is 23.2. The van der Waals surface area contributed by atoms with Crippen LogP contribution in [0.25, 0.3) is 21.5 Å². The van der Waals surface area contributed by atoms with Gasteiger partial charge in [-0.25, -0.2) is 0 Å². The van der Waals surface area contributed by atoms with Crippen molar-refractivity contribution in [1.82, 2.24) is 0 Å². The monoisotopic (exact) mass is 358 g/mol. The Balaban J connectivity index is 1.61. The van der Waals surface area contributed by atoms with Gasteiger partial charge < -0.3 is 14.9 Å². The predicted octanol–water partition coefficient (Wildman–Crippen LogP) is 5.37. The molecule has 0 bridgehead atoms. The summed E-state index contributed by atoms with van der Waals surface area (Å²) in [7, 11) is 0. The van der Waals surface area contributed by atoms with E-state index in [9.17, 15) is 5.11 Å². The van der Waals surface area contributed by atoms with E-state index in [1.54, 1.807) is 6.92 Å². The van der Waals surface area contributed by atoms with Crippen molar-refractivity contribution in [3.63, 3.8) is 0 Å². The number of fused-ring (bicyclic) bond motifs is 2. The lowest BCUT2D eigenvalue weighted by Crippen LogP contribution is -1.91. The Hall–Kier alpha value is -2.88. The first-order valence-corrected chi connectivity index (χ1v) is 9.15. The molecule has 0 saturated carbocycles. The SMILES string of the molecule is CC(O)c1ccc2cc(Oc3ccc4cc(CCO)ccc4c3)ccc2c1. The highest BCUT2D eigenvalue weighted by Crippen LogP contribution is 2.29. The second kappa shape index (κ2) is 7.39. The molecule has 27 heavy (non-hydrogen) atoms. The molecule has 1 unspecified atom stereocenters. The number of hydrogen-bond donors (Lipinski definition) is 2. The molecule has 0 aliphatic rings. The molecule has 0 radical (unpaired) electrons. The summed E-state index contributed by atoms with van der Waals surface area (Å²) >= 11 is 0. The molecule has 3 heteroatoms. The van der Waals surface area contributed by atoms with Crippen LogP contribution >= 0.6 is 0 Å². The summed E-state index contributed by atoms with van der Waals surface area (Å²) in [4.78, 5) is 0. The van der Waals surface area contributed by atoms with Gasteiger partial charge in [-0.1, -0.05) is 42.5 Å². The maximum absolute atomic E-state index is 9.73. The molecule has 0 aliphatic carbocycles. The van der Waals surface area contributed by atoms with Crippen molar-refractivity contribution in [2.24, 2.45) is 0 Å². The van der Waals surface area contributed by atoms with E-state index in [1.165, 1.54) is 0 Å². The molecule has 0 aromatic heterocycles. The Bertz CT molecular complexity index is 1100. The molecule has 2 N–H and O–H groups in total. The van der Waals surface area contributed by atoms with Crippen LogP contribution in [0.15, 0.2) is 72.8 Å². The molecule has 136 valence electrons. The highest BCUT2D eigenvalue weighted by atomic mass is 16.5. The Morgan fingerprint density at radius 1 is 0.741 bits per heavy atom. The first-order chi connectivity index (χ1) is 13.1. The number of hydrogen-bond acceptors (Lipinski definition) is 3. The van der Waals surface area contributed by atoms with Gasteiger partial charge in [-0.2, -0.15) is 0 Å². The highest BCUT2D eigenvalue weighted by Gasteiger charge is 2.05. The average molecular weight is 358 g/mol. The predicted molar refractivity (Wildman–Crippen MR) is 109 cm³/mol. The number of aliphatic hydroxyl groups is 2. The minimum absolute atomic E-state index is 0.160. The first-order valence-electron chi connectivity index (χ1n) is 9.15. The van der Waals surface area contributed by atoms with Crippen LogP contribution in [-0.4, -0.2) is 16.8 Å². The number of aliphatic hydroxyl groups excluding tert-OH is 2. The van der Waals surface area contributed by atoms with Crippen LogP contribution in [0.3, 0.4) is 0 Å². The standard InChI is InChI=1S/C24H22O3/c1-16(26)18-4-5-22-15-24(9-7-20(22)13-18)27-23-8-6-19-12-17(10-11-25)2-3-21(19)14-23/h2-9,12-16,25-26H,10-11H2,1H3. The second-order valence-corrected chi connectivity index (χ2v) is 6.86. The quantitative estimate of drug-likeness (QED) is 0.504. The van der Waals surface area contributed by atoms with Crippen molar-refractivity contribution in [2.75, 3.05) is 6.61 Å². The van der Waals surface area contributed by atoms with Crippen molar-refractivity contribution in [3.05, 3.63) is 83.9 Å². The zero-order valence-electron chi connectivity index (χ0n) is 15.2. The van der Waals surface area contributed by atoms with Gasteiger partial charge in [-0.15, -0.1) is 0 Å². The van der Waals surface area contributed by atoms with Crippen LogP contribution in [0.1, 0.15) is 24.2 Å². The zero-order chi connectivity index (χ0) is 18.8. The van der Waals surface area contributed by atoms with Crippen molar-refractivity contribution < 1.29 is 14.9 Å². The van der Waals surface area contributed by atoms with Gasteiger partial charge in [0.15, 0.2) is 0 Å². The minimum atomic E-state index is -0.471. The van der Waals surface area contributed by atoms with Gasteiger partial charge in [0.2, 0.25) is 0 Å². The molecule has 0 aliphatic heterocycles. The molecule has 3 nitrogen and oxygen atoms in total. The van der Waals surface area contributed by atoms with E-state index >= 15 is 0 Å². The summed E-state index contributed by atoms with van der Waals surface area (Å²) in [6.07, 6.45) is 0.197. The van der Waals surface area contributed by atoms with Gasteiger partial charge in [-0.3, -0.25) is 0 Å². The molecule has 1 atom stereocenters. The normalized spacial score (nSPS) is 12.4. The van der Waals surface area contributed by atoms with Crippen LogP contribution in [0.2, 0.25) is 0 Å². The Morgan fingerprint density at radius 3 is 1.93 bits per heavy atom. The average Bonchev–Trinajstić information content (AvgIpc) is 2.68. The molecule has 0 spiro atoms. The third-order valence-corrected chi connectivity index (χ3v) is 4.83. The molecule has 4 aromatic rings. The third kappa shape index (κ3) is 3.80. The maximum Gasteiger partial charge on any atom is 0.128 e. The summed E-state index contributed by atoms with van der Waals surface area (Å²) in [6, 6.07) is 24.2. The van der Waals surface area contributed by atoms with Gasteiger partial charge >= 0.3 is 0 Å². The van der Waals surface area contributed by atoms with Gasteiger partial charge in [-0.05, 0) is 76.3 Å². The lowest BCUT2D eigenvalue weighted by molar-refractivity contribution is 0.199. The number of rotatable bonds is 5. The van der Waals surface area contributed by atoms with Crippen LogP contribution < -0.4 is 4.74 Å². The van der Waals surface area contributed by atoms with Gasteiger partial charge in [0.25, 0.3) is 0 Å². The maximum atomic E-state index is 9.73. The minimum Gasteiger partial charge on any atom is -0.457 e. The van der Waals surface area contributed by atoms with E-state index in [-0.39, 0.29) is 6.61 Å². The summed E-state index contributed by atoms with van der Waals surface area (Å²) < 4.78 is 6.06. The summed E-state index contributed by atoms with van der Waals surface area (Å²) in [5.41, 5.74) is 2.04. The largest absolute Gasteiger partial charge is 0.457 e. The van der Waals surface area contributed by atoms with E-state index in [0.29, 0.717) is 6.42 Å². The first kappa shape index (κ1) is 17.5. The molecule has 4 rings (SSSR count). The molecule has 0 heterocycles. The topological polar surface area (TPSA) is 49.7 Å². The highest BCUT2D eigenvalue weighted by molar-refractivity contribution is 5.86. The fourth-order valence-electron chi connectivity index (χ4n) is 3.32. The van der Waals surface area contributed by atoms with Crippen LogP contribution in [0.5, 0.6) is 11.5 Å². The van der Waals surface area contributed by atoms with Gasteiger partial charge in [0.1, 0.15) is 11.5 Å². The van der Waals surface area contributed by atoms with E-state index in [2.05, 4.69) is 12.1 Å². The smallest absolute Gasteiger partial charge is 0.128 e. The number of benzene rings is 4. The van der Waals surface area contributed by atoms with E-state index in [4.69, 9.17) is 9.84 Å². The Kier molecular flexibility index (Phi) is 4.80. The lowest BCUT2D eigenvalue weighted by Gasteiger charge is -2.10. The molecule has 4 aromatic carbocycles. The van der Waals surface area contributed by atoms with Crippen molar-refractivity contribution in [3.8, 4) is 11.5 Å². The van der Waals surface area contributed by atoms with Crippen molar-refractivity contribution in [2.45, 2.75) is 19.4 Å². The summed E-state index contributed by atoms with van der Waals surface area (Å²) in [6.45, 7) is 1.93. The zero-order valence-corrected chi connectivity index (χ0v) is 15.2. The Labute approximate surface area is 158 Å². The van der Waals surface area contributed by atoms with E-state index < -0.39 is 6.10 Å². The fraction of sp³-hybridized carbons (Fsp3) is 0.167. The molecular formula is C24H22O3. The molecule has 0 amide bonds. The van der Waals surface area contributed by atoms with Crippen LogP contribution in [0, 0.1) is 0 Å². The van der Waals surface area contributed by atoms with Crippen molar-refractivity contribution >= 4 is 21.5 Å². The van der Waals surface area contributed by atoms with E-state index in [0.717, 1.165) is 44.2 Å².